The first-order valence-corrected chi connectivity index (χ1v) is 6.56. The zero-order chi connectivity index (χ0) is 11.1. The highest BCUT2D eigenvalue weighted by Gasteiger charge is 2.13. The van der Waals surface area contributed by atoms with Gasteiger partial charge in [0.05, 0.1) is 0 Å². The SMILES string of the molecule is CC(CCN(C)C)NCC1CCCCC1. The van der Waals surface area contributed by atoms with Crippen molar-refractivity contribution in [1.29, 1.82) is 0 Å². The van der Waals surface area contributed by atoms with Crippen LogP contribution in [0.1, 0.15) is 45.4 Å². The van der Waals surface area contributed by atoms with E-state index in [9.17, 15) is 0 Å². The molecule has 0 bridgehead atoms. The normalized spacial score (nSPS) is 20.8. The fraction of sp³-hybridized carbons (Fsp3) is 1.00. The zero-order valence-electron chi connectivity index (χ0n) is 10.8. The van der Waals surface area contributed by atoms with Crippen LogP contribution in [0.3, 0.4) is 0 Å². The van der Waals surface area contributed by atoms with E-state index in [0.29, 0.717) is 6.04 Å². The van der Waals surface area contributed by atoms with E-state index >= 15 is 0 Å². The van der Waals surface area contributed by atoms with E-state index in [1.165, 1.54) is 51.6 Å². The summed E-state index contributed by atoms with van der Waals surface area (Å²) in [5.41, 5.74) is 0. The maximum atomic E-state index is 3.68. The average molecular weight is 212 g/mol. The summed E-state index contributed by atoms with van der Waals surface area (Å²) in [7, 11) is 4.29. The summed E-state index contributed by atoms with van der Waals surface area (Å²) in [4.78, 5) is 2.26. The Bertz CT molecular complexity index is 151. The summed E-state index contributed by atoms with van der Waals surface area (Å²) in [5, 5.41) is 3.68. The first-order chi connectivity index (χ1) is 7.18. The third-order valence-corrected chi connectivity index (χ3v) is 3.49. The molecule has 0 spiro atoms. The fourth-order valence-electron chi connectivity index (χ4n) is 2.31. The number of hydrogen-bond donors (Lipinski definition) is 1. The molecular weight excluding hydrogens is 184 g/mol. The van der Waals surface area contributed by atoms with Crippen LogP contribution in [0.5, 0.6) is 0 Å². The van der Waals surface area contributed by atoms with Crippen molar-refractivity contribution in [3.8, 4) is 0 Å². The topological polar surface area (TPSA) is 15.3 Å². The lowest BCUT2D eigenvalue weighted by Crippen LogP contribution is -2.34. The van der Waals surface area contributed by atoms with Crippen molar-refractivity contribution in [2.75, 3.05) is 27.2 Å². The predicted octanol–water partition coefficient (Wildman–Crippen LogP) is 2.50. The Labute approximate surface area is 95.4 Å². The van der Waals surface area contributed by atoms with Crippen LogP contribution in [0.4, 0.5) is 0 Å². The molecule has 0 aromatic heterocycles. The molecule has 0 aromatic carbocycles. The van der Waals surface area contributed by atoms with E-state index in [4.69, 9.17) is 0 Å². The van der Waals surface area contributed by atoms with Crippen molar-refractivity contribution in [2.24, 2.45) is 5.92 Å². The van der Waals surface area contributed by atoms with Crippen LogP contribution < -0.4 is 5.32 Å². The lowest BCUT2D eigenvalue weighted by Gasteiger charge is -2.24. The Morgan fingerprint density at radius 3 is 2.47 bits per heavy atom. The third-order valence-electron chi connectivity index (χ3n) is 3.49. The smallest absolute Gasteiger partial charge is 0.00510 e. The highest BCUT2D eigenvalue weighted by atomic mass is 15.1. The van der Waals surface area contributed by atoms with Gasteiger partial charge in [-0.1, -0.05) is 19.3 Å². The molecule has 1 fully saturated rings. The minimum absolute atomic E-state index is 0.675. The Morgan fingerprint density at radius 1 is 1.20 bits per heavy atom. The molecule has 0 saturated heterocycles. The van der Waals surface area contributed by atoms with Gasteiger partial charge in [0.15, 0.2) is 0 Å². The van der Waals surface area contributed by atoms with Crippen LogP contribution in [0, 0.1) is 5.92 Å². The second-order valence-electron chi connectivity index (χ2n) is 5.41. The van der Waals surface area contributed by atoms with E-state index < -0.39 is 0 Å². The van der Waals surface area contributed by atoms with Crippen molar-refractivity contribution in [3.05, 3.63) is 0 Å². The monoisotopic (exact) mass is 212 g/mol. The average Bonchev–Trinajstić information content (AvgIpc) is 2.25. The Hall–Kier alpha value is -0.0800. The Balaban J connectivity index is 2.02. The van der Waals surface area contributed by atoms with Crippen LogP contribution in [0.15, 0.2) is 0 Å². The van der Waals surface area contributed by atoms with Gasteiger partial charge in [0.1, 0.15) is 0 Å². The van der Waals surface area contributed by atoms with Crippen LogP contribution in [-0.4, -0.2) is 38.1 Å². The molecule has 2 nitrogen and oxygen atoms in total. The molecule has 0 aliphatic heterocycles. The summed E-state index contributed by atoms with van der Waals surface area (Å²) in [5.74, 6) is 0.959. The van der Waals surface area contributed by atoms with Gasteiger partial charge in [-0.15, -0.1) is 0 Å². The van der Waals surface area contributed by atoms with Gasteiger partial charge in [0, 0.05) is 6.04 Å². The second-order valence-corrected chi connectivity index (χ2v) is 5.41. The van der Waals surface area contributed by atoms with Crippen LogP contribution in [-0.2, 0) is 0 Å². The lowest BCUT2D eigenvalue weighted by atomic mass is 9.89. The van der Waals surface area contributed by atoms with Gasteiger partial charge >= 0.3 is 0 Å². The van der Waals surface area contributed by atoms with Crippen molar-refractivity contribution in [1.82, 2.24) is 10.2 Å². The van der Waals surface area contributed by atoms with Crippen molar-refractivity contribution in [3.63, 3.8) is 0 Å². The minimum Gasteiger partial charge on any atom is -0.314 e. The van der Waals surface area contributed by atoms with Crippen molar-refractivity contribution >= 4 is 0 Å². The molecule has 1 aliphatic rings. The largest absolute Gasteiger partial charge is 0.314 e. The minimum atomic E-state index is 0.675. The summed E-state index contributed by atoms with van der Waals surface area (Å²) < 4.78 is 0. The van der Waals surface area contributed by atoms with E-state index in [-0.39, 0.29) is 0 Å². The van der Waals surface area contributed by atoms with Gasteiger partial charge in [-0.3, -0.25) is 0 Å². The molecule has 1 rings (SSSR count). The molecule has 15 heavy (non-hydrogen) atoms. The molecule has 0 heterocycles. The van der Waals surface area contributed by atoms with Crippen LogP contribution in [0.25, 0.3) is 0 Å². The van der Waals surface area contributed by atoms with Gasteiger partial charge in [-0.25, -0.2) is 0 Å². The third kappa shape index (κ3) is 6.16. The molecule has 1 N–H and O–H groups in total. The molecule has 1 saturated carbocycles. The van der Waals surface area contributed by atoms with Crippen LogP contribution in [0.2, 0.25) is 0 Å². The molecule has 90 valence electrons. The first-order valence-electron chi connectivity index (χ1n) is 6.56. The number of nitrogens with zero attached hydrogens (tertiary/aromatic N) is 1. The Morgan fingerprint density at radius 2 is 1.87 bits per heavy atom. The van der Waals surface area contributed by atoms with Gasteiger partial charge in [-0.05, 0) is 59.3 Å². The molecule has 1 atom stereocenters. The van der Waals surface area contributed by atoms with Gasteiger partial charge < -0.3 is 10.2 Å². The summed E-state index contributed by atoms with van der Waals surface area (Å²) in [6.45, 7) is 4.75. The maximum absolute atomic E-state index is 3.68. The number of nitrogens with one attached hydrogen (secondary N) is 1. The molecule has 0 radical (unpaired) electrons. The van der Waals surface area contributed by atoms with Crippen molar-refractivity contribution in [2.45, 2.75) is 51.5 Å². The van der Waals surface area contributed by atoms with E-state index in [2.05, 4.69) is 31.2 Å². The Kier molecular flexibility index (Phi) is 6.26. The first kappa shape index (κ1) is 13.0. The molecule has 1 unspecified atom stereocenters. The molecule has 0 amide bonds. The molecule has 2 heteroatoms. The van der Waals surface area contributed by atoms with Gasteiger partial charge in [0.25, 0.3) is 0 Å². The zero-order valence-corrected chi connectivity index (χ0v) is 10.8. The van der Waals surface area contributed by atoms with Gasteiger partial charge in [-0.2, -0.15) is 0 Å². The summed E-state index contributed by atoms with van der Waals surface area (Å²) >= 11 is 0. The van der Waals surface area contributed by atoms with Gasteiger partial charge in [0.2, 0.25) is 0 Å². The highest BCUT2D eigenvalue weighted by Crippen LogP contribution is 2.22. The summed E-state index contributed by atoms with van der Waals surface area (Å²) in [6, 6.07) is 0.675. The quantitative estimate of drug-likeness (QED) is 0.728. The van der Waals surface area contributed by atoms with E-state index in [0.717, 1.165) is 5.92 Å². The molecule has 1 aliphatic carbocycles. The van der Waals surface area contributed by atoms with Crippen LogP contribution >= 0.6 is 0 Å². The second kappa shape index (κ2) is 7.24. The lowest BCUT2D eigenvalue weighted by molar-refractivity contribution is 0.313. The molecular formula is C13H28N2. The highest BCUT2D eigenvalue weighted by molar-refractivity contribution is 4.70. The maximum Gasteiger partial charge on any atom is 0.00510 e. The number of hydrogen-bond acceptors (Lipinski definition) is 2. The predicted molar refractivity (Wildman–Crippen MR) is 67.2 cm³/mol. The standard InChI is InChI=1S/C13H28N2/c1-12(9-10-15(2)3)14-11-13-7-5-4-6-8-13/h12-14H,4-11H2,1-3H3. The molecule has 0 aromatic rings. The van der Waals surface area contributed by atoms with E-state index in [1.54, 1.807) is 0 Å². The fourth-order valence-corrected chi connectivity index (χ4v) is 2.31. The van der Waals surface area contributed by atoms with Crippen molar-refractivity contribution < 1.29 is 0 Å². The van der Waals surface area contributed by atoms with E-state index in [1.807, 2.05) is 0 Å². The number of rotatable bonds is 6. The summed E-state index contributed by atoms with van der Waals surface area (Å²) in [6.07, 6.45) is 8.55.